The monoisotopic (exact) mass is 697 g/mol. The highest BCUT2D eigenvalue weighted by atomic mass is 35.5. The fraction of sp³-hybridized carbons (Fsp3) is 0.143. The van der Waals surface area contributed by atoms with Gasteiger partial charge in [-0.15, -0.1) is 0 Å². The van der Waals surface area contributed by atoms with Gasteiger partial charge in [-0.1, -0.05) is 108 Å². The number of hydrogen-bond acceptors (Lipinski definition) is 5. The normalized spacial score (nSPS) is 23.8. The van der Waals surface area contributed by atoms with E-state index in [0.29, 0.717) is 37.9 Å². The van der Waals surface area contributed by atoms with Crippen LogP contribution >= 0.6 is 23.2 Å². The minimum Gasteiger partial charge on any atom is -0.495 e. The fourth-order valence-corrected chi connectivity index (χ4v) is 8.93. The summed E-state index contributed by atoms with van der Waals surface area (Å²) in [6.07, 6.45) is 0. The standard InChI is InChI=1S/C42H29Cl2NO5/c1-24(46)27-13-22-33(50-2)32(23-27)45-38(47)36-37(39(45)48)42(29-16-20-31(44)21-17-29)35(26-11-7-4-8-12-26)34(25-9-5-3-6-10-25)41(36,40(42)49)28-14-18-30(43)19-15-28/h3-23,36-37H,1-2H3/t36-,37+,41-,42-/m0/s1. The zero-order valence-corrected chi connectivity index (χ0v) is 28.5. The van der Waals surface area contributed by atoms with E-state index in [-0.39, 0.29) is 23.0 Å². The van der Waals surface area contributed by atoms with Gasteiger partial charge in [-0.2, -0.15) is 0 Å². The van der Waals surface area contributed by atoms with Crippen molar-refractivity contribution in [3.05, 3.63) is 165 Å². The molecule has 2 aliphatic carbocycles. The molecule has 0 unspecified atom stereocenters. The Morgan fingerprint density at radius 3 is 1.48 bits per heavy atom. The van der Waals surface area contributed by atoms with Crippen LogP contribution in [0.4, 0.5) is 5.69 Å². The average molecular weight is 699 g/mol. The number of ether oxygens (including phenoxy) is 1. The fourth-order valence-electron chi connectivity index (χ4n) is 8.68. The highest BCUT2D eigenvalue weighted by Crippen LogP contribution is 2.74. The molecule has 2 bridgehead atoms. The summed E-state index contributed by atoms with van der Waals surface area (Å²) in [6.45, 7) is 1.42. The number of nitrogens with zero attached hydrogens (tertiary/aromatic N) is 1. The summed E-state index contributed by atoms with van der Waals surface area (Å²) >= 11 is 12.9. The van der Waals surface area contributed by atoms with Crippen molar-refractivity contribution < 1.29 is 23.9 Å². The molecule has 0 spiro atoms. The number of benzene rings is 5. The molecule has 6 nitrogen and oxygen atoms in total. The number of anilines is 1. The first-order valence-electron chi connectivity index (χ1n) is 16.2. The molecule has 2 fully saturated rings. The molecule has 5 aromatic rings. The van der Waals surface area contributed by atoms with Crippen LogP contribution in [0.3, 0.4) is 0 Å². The molecule has 50 heavy (non-hydrogen) atoms. The Hall–Kier alpha value is -5.30. The van der Waals surface area contributed by atoms with Crippen LogP contribution in [0, 0.1) is 11.8 Å². The Labute approximate surface area is 298 Å². The van der Waals surface area contributed by atoms with Crippen LogP contribution < -0.4 is 9.64 Å². The molecule has 0 radical (unpaired) electrons. The summed E-state index contributed by atoms with van der Waals surface area (Å²) in [4.78, 5) is 60.4. The van der Waals surface area contributed by atoms with Crippen molar-refractivity contribution in [2.75, 3.05) is 12.0 Å². The molecule has 8 rings (SSSR count). The maximum Gasteiger partial charge on any atom is 0.239 e. The molecule has 2 amide bonds. The number of hydrogen-bond donors (Lipinski definition) is 0. The first-order valence-corrected chi connectivity index (χ1v) is 16.9. The molecule has 5 aromatic carbocycles. The van der Waals surface area contributed by atoms with Gasteiger partial charge in [-0.3, -0.25) is 19.2 Å². The predicted octanol–water partition coefficient (Wildman–Crippen LogP) is 8.39. The number of ketones is 2. The topological polar surface area (TPSA) is 80.8 Å². The van der Waals surface area contributed by atoms with E-state index in [1.54, 1.807) is 60.7 Å². The van der Waals surface area contributed by atoms with Gasteiger partial charge in [0.2, 0.25) is 11.8 Å². The van der Waals surface area contributed by atoms with Gasteiger partial charge in [0, 0.05) is 15.6 Å². The smallest absolute Gasteiger partial charge is 0.239 e. The van der Waals surface area contributed by atoms with Crippen molar-refractivity contribution >= 4 is 63.4 Å². The Morgan fingerprint density at radius 2 is 1.08 bits per heavy atom. The lowest BCUT2D eigenvalue weighted by Gasteiger charge is -2.39. The summed E-state index contributed by atoms with van der Waals surface area (Å²) in [5, 5.41) is 0.924. The molecule has 1 aliphatic heterocycles. The largest absolute Gasteiger partial charge is 0.495 e. The molecule has 246 valence electrons. The molecule has 8 heteroatoms. The summed E-state index contributed by atoms with van der Waals surface area (Å²) in [7, 11) is 1.44. The average Bonchev–Trinajstić information content (AvgIpc) is 3.64. The second-order valence-corrected chi connectivity index (χ2v) is 13.7. The number of halogens is 2. The van der Waals surface area contributed by atoms with Crippen molar-refractivity contribution in [2.24, 2.45) is 11.8 Å². The van der Waals surface area contributed by atoms with E-state index in [1.165, 1.54) is 20.1 Å². The molecule has 1 saturated carbocycles. The van der Waals surface area contributed by atoms with Gasteiger partial charge in [-0.25, -0.2) is 4.90 Å². The number of allylic oxidation sites excluding steroid dienone is 2. The van der Waals surface area contributed by atoms with E-state index < -0.39 is 34.5 Å². The first-order chi connectivity index (χ1) is 24.2. The zero-order chi connectivity index (χ0) is 34.9. The van der Waals surface area contributed by atoms with Crippen LogP contribution in [0.25, 0.3) is 11.1 Å². The molecular formula is C42H29Cl2NO5. The maximum atomic E-state index is 16.1. The van der Waals surface area contributed by atoms with Crippen LogP contribution in [0.2, 0.25) is 10.0 Å². The Morgan fingerprint density at radius 1 is 0.640 bits per heavy atom. The van der Waals surface area contributed by atoms with Crippen LogP contribution in [-0.4, -0.2) is 30.5 Å². The van der Waals surface area contributed by atoms with E-state index in [0.717, 1.165) is 16.0 Å². The van der Waals surface area contributed by atoms with Crippen molar-refractivity contribution in [1.29, 1.82) is 0 Å². The van der Waals surface area contributed by atoms with Crippen molar-refractivity contribution in [3.63, 3.8) is 0 Å². The van der Waals surface area contributed by atoms with Gasteiger partial charge >= 0.3 is 0 Å². The number of rotatable bonds is 7. The number of amides is 2. The van der Waals surface area contributed by atoms with Gasteiger partial charge in [0.25, 0.3) is 0 Å². The van der Waals surface area contributed by atoms with Crippen molar-refractivity contribution in [3.8, 4) is 5.75 Å². The van der Waals surface area contributed by atoms with E-state index in [9.17, 15) is 4.79 Å². The van der Waals surface area contributed by atoms with Gasteiger partial charge in [0.1, 0.15) is 5.75 Å². The van der Waals surface area contributed by atoms with E-state index >= 15 is 14.4 Å². The molecule has 1 heterocycles. The number of carbonyl (C=O) groups is 4. The van der Waals surface area contributed by atoms with Crippen molar-refractivity contribution in [1.82, 2.24) is 0 Å². The van der Waals surface area contributed by atoms with E-state index in [2.05, 4.69) is 0 Å². The molecule has 3 aliphatic rings. The van der Waals surface area contributed by atoms with E-state index in [1.807, 2.05) is 60.7 Å². The Balaban J connectivity index is 1.54. The second-order valence-electron chi connectivity index (χ2n) is 12.9. The summed E-state index contributed by atoms with van der Waals surface area (Å²) in [5.74, 6) is -3.69. The number of fused-ring (bicyclic) bond motifs is 5. The van der Waals surface area contributed by atoms with Crippen LogP contribution in [-0.2, 0) is 25.2 Å². The van der Waals surface area contributed by atoms with Gasteiger partial charge < -0.3 is 4.74 Å². The van der Waals surface area contributed by atoms with Crippen LogP contribution in [0.15, 0.2) is 127 Å². The molecule has 0 N–H and O–H groups in total. The number of methoxy groups -OCH3 is 1. The lowest BCUT2D eigenvalue weighted by molar-refractivity contribution is -0.130. The molecule has 4 atom stereocenters. The van der Waals surface area contributed by atoms with E-state index in [4.69, 9.17) is 27.9 Å². The third kappa shape index (κ3) is 4.15. The van der Waals surface area contributed by atoms with Crippen LogP contribution in [0.5, 0.6) is 5.75 Å². The second kappa shape index (κ2) is 11.7. The third-order valence-corrected chi connectivity index (χ3v) is 11.0. The minimum absolute atomic E-state index is 0.150. The third-order valence-electron chi connectivity index (χ3n) is 10.5. The van der Waals surface area contributed by atoms with Crippen LogP contribution in [0.1, 0.15) is 39.5 Å². The Kier molecular flexibility index (Phi) is 7.44. The number of imide groups is 1. The summed E-state index contributed by atoms with van der Waals surface area (Å²) in [6, 6.07) is 37.8. The maximum absolute atomic E-state index is 16.1. The summed E-state index contributed by atoms with van der Waals surface area (Å²) in [5.41, 5.74) is 1.13. The Bertz CT molecular complexity index is 2140. The highest BCUT2D eigenvalue weighted by molar-refractivity contribution is 6.39. The lowest BCUT2D eigenvalue weighted by Crippen LogP contribution is -2.45. The van der Waals surface area contributed by atoms with Gasteiger partial charge in [0.15, 0.2) is 11.6 Å². The van der Waals surface area contributed by atoms with Gasteiger partial charge in [0.05, 0.1) is 35.5 Å². The molecule has 0 aromatic heterocycles. The lowest BCUT2D eigenvalue weighted by atomic mass is 9.59. The number of carbonyl (C=O) groups excluding carboxylic acids is 4. The minimum atomic E-state index is -1.62. The molecular weight excluding hydrogens is 669 g/mol. The summed E-state index contributed by atoms with van der Waals surface area (Å²) < 4.78 is 5.66. The first kappa shape index (κ1) is 31.9. The number of Topliss-reactive ketones (excluding diaryl/α,β-unsaturated/α-hetero) is 2. The van der Waals surface area contributed by atoms with Gasteiger partial charge in [-0.05, 0) is 82.8 Å². The molecule has 1 saturated heterocycles. The van der Waals surface area contributed by atoms with Crippen molar-refractivity contribution in [2.45, 2.75) is 17.8 Å². The highest BCUT2D eigenvalue weighted by Gasteiger charge is 2.83. The zero-order valence-electron chi connectivity index (χ0n) is 27.0. The quantitative estimate of drug-likeness (QED) is 0.126. The predicted molar refractivity (Wildman–Crippen MR) is 193 cm³/mol. The SMILES string of the molecule is COc1ccc(C(C)=O)cc1N1C(=O)[C@@H]2[C@H](C1=O)[C@@]1(c3ccc(Cl)cc3)C(=O)[C@@]2(c2ccc(Cl)cc2)C(c2ccccc2)=C1c1ccccc1.